The maximum absolute atomic E-state index is 14.2. The lowest BCUT2D eigenvalue weighted by Gasteiger charge is -2.23. The number of hydrogen-bond donors (Lipinski definition) is 1. The van der Waals surface area contributed by atoms with Gasteiger partial charge in [-0.1, -0.05) is 26.0 Å². The molecular weight excluding hydrogens is 659 g/mol. The highest BCUT2D eigenvalue weighted by atomic mass is 32.2. The number of hydrogen-bond acceptors (Lipinski definition) is 11. The minimum absolute atomic E-state index is 0.0372. The van der Waals surface area contributed by atoms with Gasteiger partial charge >= 0.3 is 0 Å². The van der Waals surface area contributed by atoms with Gasteiger partial charge in [-0.3, -0.25) is 4.98 Å². The summed E-state index contributed by atoms with van der Waals surface area (Å²) in [5.74, 6) is 2.86. The molecule has 1 N–H and O–H groups in total. The summed E-state index contributed by atoms with van der Waals surface area (Å²) in [6.07, 6.45) is 7.27. The predicted molar refractivity (Wildman–Crippen MR) is 190 cm³/mol. The molecule has 12 heteroatoms. The molecule has 256 valence electrons. The third-order valence-corrected chi connectivity index (χ3v) is 13.4. The second kappa shape index (κ2) is 12.8. The Kier molecular flexibility index (Phi) is 8.44. The third-order valence-electron chi connectivity index (χ3n) is 10.4. The van der Waals surface area contributed by atoms with E-state index in [-0.39, 0.29) is 23.6 Å². The lowest BCUT2D eigenvalue weighted by molar-refractivity contribution is 0.0639. The molecule has 0 bridgehead atoms. The van der Waals surface area contributed by atoms with Gasteiger partial charge < -0.3 is 19.2 Å². The monoisotopic (exact) mass is 699 g/mol. The van der Waals surface area contributed by atoms with E-state index >= 15 is 0 Å². The number of ether oxygens (including phenoxy) is 2. The van der Waals surface area contributed by atoms with Crippen LogP contribution in [0.4, 0.5) is 5.82 Å². The van der Waals surface area contributed by atoms with Crippen molar-refractivity contribution in [2.24, 2.45) is 11.8 Å². The molecule has 1 aliphatic carbocycles. The topological polar surface area (TPSA) is 129 Å². The number of aromatic nitrogens is 4. The Bertz CT molecular complexity index is 2150. The van der Waals surface area contributed by atoms with Crippen LogP contribution in [0.15, 0.2) is 45.8 Å². The molecule has 2 atom stereocenters. The van der Waals surface area contributed by atoms with Gasteiger partial charge in [0.15, 0.2) is 9.84 Å². The van der Waals surface area contributed by atoms with Crippen molar-refractivity contribution in [1.82, 2.24) is 20.2 Å². The molecule has 4 aromatic heterocycles. The normalized spacial score (nSPS) is 20.2. The van der Waals surface area contributed by atoms with E-state index < -0.39 is 9.84 Å². The number of nitrogens with zero attached hydrogens (tertiary/aromatic N) is 4. The van der Waals surface area contributed by atoms with Crippen molar-refractivity contribution in [3.05, 3.63) is 64.9 Å². The molecule has 1 fully saturated rings. The van der Waals surface area contributed by atoms with Crippen molar-refractivity contribution >= 4 is 37.1 Å². The SMILES string of the molecule is COc1cccc2c1CC[C@@H]2Nc1nccc2cc(-c3c(-c4nnc(C)o4)c(CCC4CCOCC4)nc4c3S(=O)(=O)C[C@@H]4C(C)C)sc12. The summed E-state index contributed by atoms with van der Waals surface area (Å²) in [6.45, 7) is 7.44. The van der Waals surface area contributed by atoms with Crippen LogP contribution in [-0.2, 0) is 27.4 Å². The quantitative estimate of drug-likeness (QED) is 0.163. The number of rotatable bonds is 9. The molecule has 2 aliphatic heterocycles. The van der Waals surface area contributed by atoms with Gasteiger partial charge in [0.2, 0.25) is 11.8 Å². The van der Waals surface area contributed by atoms with Crippen molar-refractivity contribution < 1.29 is 22.3 Å². The predicted octanol–water partition coefficient (Wildman–Crippen LogP) is 7.71. The average molecular weight is 700 g/mol. The van der Waals surface area contributed by atoms with E-state index in [1.54, 1.807) is 25.4 Å². The first-order valence-corrected chi connectivity index (χ1v) is 19.7. The Balaban J connectivity index is 1.30. The smallest absolute Gasteiger partial charge is 0.250 e. The number of anilines is 1. The standard InChI is InChI=1S/C37H41N5O5S2/c1-20(2)26-19-49(43,44)35-32(31(37-42-41-21(3)47-37)28(39-33(26)35)10-8-22-13-16-46-17-14-22)30-18-23-12-15-38-36(34(23)48-30)40-27-11-9-25-24(27)6-5-7-29(25)45-4/h5-7,12,15,18,20,22,26-27H,8-11,13-14,16-17,19H2,1-4H3,(H,38,40)/t26-,27+/m1/s1. The van der Waals surface area contributed by atoms with Crippen LogP contribution in [0.1, 0.15) is 79.9 Å². The van der Waals surface area contributed by atoms with Crippen molar-refractivity contribution in [2.75, 3.05) is 31.4 Å². The summed E-state index contributed by atoms with van der Waals surface area (Å²) in [5.41, 5.74) is 5.18. The highest BCUT2D eigenvalue weighted by molar-refractivity contribution is 7.92. The summed E-state index contributed by atoms with van der Waals surface area (Å²) in [4.78, 5) is 11.1. The van der Waals surface area contributed by atoms with Crippen LogP contribution < -0.4 is 10.1 Å². The van der Waals surface area contributed by atoms with Crippen LogP contribution in [0.25, 0.3) is 32.0 Å². The van der Waals surface area contributed by atoms with Crippen LogP contribution in [-0.4, -0.2) is 54.7 Å². The van der Waals surface area contributed by atoms with Gasteiger partial charge in [-0.05, 0) is 85.1 Å². The van der Waals surface area contributed by atoms with Crippen molar-refractivity contribution in [2.45, 2.75) is 76.2 Å². The molecule has 5 aromatic rings. The first kappa shape index (κ1) is 32.3. The Hall–Kier alpha value is -3.87. The molecule has 0 amide bonds. The largest absolute Gasteiger partial charge is 0.496 e. The number of methoxy groups -OCH3 is 1. The molecule has 0 saturated carbocycles. The fourth-order valence-electron chi connectivity index (χ4n) is 7.85. The molecule has 1 aromatic carbocycles. The van der Waals surface area contributed by atoms with E-state index in [2.05, 4.69) is 41.5 Å². The van der Waals surface area contributed by atoms with E-state index in [0.29, 0.717) is 45.8 Å². The highest BCUT2D eigenvalue weighted by Gasteiger charge is 2.43. The number of fused-ring (bicyclic) bond motifs is 3. The minimum Gasteiger partial charge on any atom is -0.496 e. The Morgan fingerprint density at radius 2 is 1.94 bits per heavy atom. The number of nitrogens with one attached hydrogen (secondary N) is 1. The Morgan fingerprint density at radius 3 is 2.69 bits per heavy atom. The van der Waals surface area contributed by atoms with Gasteiger partial charge in [0, 0.05) is 42.7 Å². The lowest BCUT2D eigenvalue weighted by atomic mass is 9.89. The van der Waals surface area contributed by atoms with Gasteiger partial charge in [-0.2, -0.15) is 0 Å². The van der Waals surface area contributed by atoms with Gasteiger partial charge in [-0.25, -0.2) is 13.4 Å². The van der Waals surface area contributed by atoms with E-state index in [9.17, 15) is 8.42 Å². The number of benzene rings is 1. The summed E-state index contributed by atoms with van der Waals surface area (Å²) in [5, 5.41) is 13.3. The van der Waals surface area contributed by atoms with Gasteiger partial charge in [0.05, 0.1) is 45.5 Å². The fourth-order valence-corrected chi connectivity index (χ4v) is 11.3. The number of aryl methyl sites for hydroxylation is 2. The molecule has 8 rings (SSSR count). The molecule has 1 saturated heterocycles. The maximum atomic E-state index is 14.2. The second-order valence-electron chi connectivity index (χ2n) is 13.8. The van der Waals surface area contributed by atoms with Crippen LogP contribution in [0.3, 0.4) is 0 Å². The van der Waals surface area contributed by atoms with Gasteiger partial charge in [0.25, 0.3) is 0 Å². The second-order valence-corrected chi connectivity index (χ2v) is 16.9. The van der Waals surface area contributed by atoms with Crippen LogP contribution in [0.2, 0.25) is 0 Å². The van der Waals surface area contributed by atoms with E-state index in [4.69, 9.17) is 23.9 Å². The van der Waals surface area contributed by atoms with Gasteiger partial charge in [0.1, 0.15) is 11.6 Å². The molecule has 0 spiro atoms. The Morgan fingerprint density at radius 1 is 1.10 bits per heavy atom. The summed E-state index contributed by atoms with van der Waals surface area (Å²) < 4.78 is 46.7. The van der Waals surface area contributed by atoms with Gasteiger partial charge in [-0.15, -0.1) is 21.5 Å². The number of pyridine rings is 2. The highest BCUT2D eigenvalue weighted by Crippen LogP contribution is 2.51. The summed E-state index contributed by atoms with van der Waals surface area (Å²) in [7, 11) is -1.95. The Labute approximate surface area is 290 Å². The van der Waals surface area contributed by atoms with Crippen molar-refractivity contribution in [3.8, 4) is 27.6 Å². The molecule has 10 nitrogen and oxygen atoms in total. The number of sulfone groups is 1. The molecular formula is C37H41N5O5S2. The zero-order valence-electron chi connectivity index (χ0n) is 28.3. The number of thiophene rings is 1. The van der Waals surface area contributed by atoms with Crippen LogP contribution in [0, 0.1) is 18.8 Å². The van der Waals surface area contributed by atoms with Crippen molar-refractivity contribution in [1.29, 1.82) is 0 Å². The molecule has 3 aliphatic rings. The molecule has 0 radical (unpaired) electrons. The zero-order chi connectivity index (χ0) is 33.9. The van der Waals surface area contributed by atoms with E-state index in [1.165, 1.54) is 11.1 Å². The van der Waals surface area contributed by atoms with Crippen LogP contribution in [0.5, 0.6) is 5.75 Å². The molecule has 0 unspecified atom stereocenters. The zero-order valence-corrected chi connectivity index (χ0v) is 29.9. The first-order valence-electron chi connectivity index (χ1n) is 17.2. The third kappa shape index (κ3) is 5.81. The lowest BCUT2D eigenvalue weighted by Crippen LogP contribution is -2.17. The van der Waals surface area contributed by atoms with Crippen molar-refractivity contribution in [3.63, 3.8) is 0 Å². The molecule has 6 heterocycles. The average Bonchev–Trinajstić information content (AvgIpc) is 3.88. The van der Waals surface area contributed by atoms with E-state index in [0.717, 1.165) is 77.5 Å². The fraction of sp³-hybridized carbons (Fsp3) is 0.459. The van der Waals surface area contributed by atoms with Crippen LogP contribution >= 0.6 is 11.3 Å². The first-order chi connectivity index (χ1) is 23.7. The minimum atomic E-state index is -3.67. The maximum Gasteiger partial charge on any atom is 0.250 e. The summed E-state index contributed by atoms with van der Waals surface area (Å²) >= 11 is 1.55. The molecule has 49 heavy (non-hydrogen) atoms. The summed E-state index contributed by atoms with van der Waals surface area (Å²) in [6, 6.07) is 10.4. The van der Waals surface area contributed by atoms with E-state index in [1.807, 2.05) is 24.4 Å².